The van der Waals surface area contributed by atoms with E-state index in [1.807, 2.05) is 0 Å². The molecular formula is C6H9N5O2. The highest BCUT2D eigenvalue weighted by atomic mass is 16.6. The van der Waals surface area contributed by atoms with Crippen LogP contribution in [0.3, 0.4) is 0 Å². The van der Waals surface area contributed by atoms with Crippen molar-refractivity contribution < 1.29 is 4.92 Å². The van der Waals surface area contributed by atoms with Gasteiger partial charge in [-0.25, -0.2) is 9.97 Å². The van der Waals surface area contributed by atoms with E-state index in [4.69, 9.17) is 11.5 Å². The first-order valence-electron chi connectivity index (χ1n) is 3.57. The van der Waals surface area contributed by atoms with E-state index in [1.54, 1.807) is 0 Å². The molecule has 0 fully saturated rings. The monoisotopic (exact) mass is 183 g/mol. The van der Waals surface area contributed by atoms with E-state index in [1.165, 1.54) is 0 Å². The zero-order valence-corrected chi connectivity index (χ0v) is 6.75. The molecule has 1 unspecified atom stereocenters. The molecule has 1 rings (SSSR count). The number of hydrogen-bond donors (Lipinski definition) is 2. The first-order valence-corrected chi connectivity index (χ1v) is 3.57. The van der Waals surface area contributed by atoms with E-state index < -0.39 is 11.0 Å². The average molecular weight is 183 g/mol. The Morgan fingerprint density at radius 2 is 2.08 bits per heavy atom. The molecular weight excluding hydrogens is 174 g/mol. The topological polar surface area (TPSA) is 121 Å². The van der Waals surface area contributed by atoms with Crippen LogP contribution in [0.5, 0.6) is 0 Å². The molecule has 1 heterocycles. The molecule has 0 saturated carbocycles. The Balaban J connectivity index is 2.87. The lowest BCUT2D eigenvalue weighted by Gasteiger charge is -2.04. The minimum Gasteiger partial charge on any atom is -0.328 e. The molecule has 0 aliphatic carbocycles. The van der Waals surface area contributed by atoms with Crippen molar-refractivity contribution >= 4 is 5.69 Å². The molecule has 7 heteroatoms. The molecule has 1 aromatic heterocycles. The van der Waals surface area contributed by atoms with Crippen LogP contribution in [0.25, 0.3) is 0 Å². The third kappa shape index (κ3) is 2.17. The molecule has 4 N–H and O–H groups in total. The summed E-state index contributed by atoms with van der Waals surface area (Å²) in [5, 5.41) is 10.2. The lowest BCUT2D eigenvalue weighted by Crippen LogP contribution is -2.22. The fraction of sp³-hybridized carbons (Fsp3) is 0.333. The van der Waals surface area contributed by atoms with Crippen molar-refractivity contribution in [3.63, 3.8) is 0 Å². The molecule has 0 aliphatic heterocycles. The van der Waals surface area contributed by atoms with Gasteiger partial charge in [0.15, 0.2) is 0 Å². The lowest BCUT2D eigenvalue weighted by molar-refractivity contribution is -0.385. The van der Waals surface area contributed by atoms with Gasteiger partial charge in [0.25, 0.3) is 0 Å². The SMILES string of the molecule is NCC(N)c1ncc([N+](=O)[O-])cn1. The van der Waals surface area contributed by atoms with Gasteiger partial charge in [0.2, 0.25) is 0 Å². The van der Waals surface area contributed by atoms with Crippen LogP contribution in [0.2, 0.25) is 0 Å². The molecule has 1 aromatic rings. The van der Waals surface area contributed by atoms with Gasteiger partial charge in [0.1, 0.15) is 18.2 Å². The minimum atomic E-state index is -0.572. The van der Waals surface area contributed by atoms with Gasteiger partial charge in [-0.1, -0.05) is 0 Å². The van der Waals surface area contributed by atoms with Gasteiger partial charge in [-0.05, 0) is 0 Å². The number of aromatic nitrogens is 2. The lowest BCUT2D eigenvalue weighted by atomic mass is 10.3. The molecule has 1 atom stereocenters. The van der Waals surface area contributed by atoms with Gasteiger partial charge in [0.05, 0.1) is 11.0 Å². The van der Waals surface area contributed by atoms with Crippen molar-refractivity contribution in [2.24, 2.45) is 11.5 Å². The van der Waals surface area contributed by atoms with Gasteiger partial charge in [-0.15, -0.1) is 0 Å². The Hall–Kier alpha value is -1.60. The third-order valence-corrected chi connectivity index (χ3v) is 1.45. The highest BCUT2D eigenvalue weighted by Crippen LogP contribution is 2.08. The van der Waals surface area contributed by atoms with Crippen molar-refractivity contribution in [1.82, 2.24) is 9.97 Å². The fourth-order valence-corrected chi connectivity index (χ4v) is 0.722. The minimum absolute atomic E-state index is 0.159. The summed E-state index contributed by atoms with van der Waals surface area (Å²) in [6.07, 6.45) is 2.22. The predicted molar refractivity (Wildman–Crippen MR) is 44.7 cm³/mol. The van der Waals surface area contributed by atoms with E-state index in [0.29, 0.717) is 5.82 Å². The molecule has 0 saturated heterocycles. The number of rotatable bonds is 3. The summed E-state index contributed by atoms with van der Waals surface area (Å²) >= 11 is 0. The van der Waals surface area contributed by atoms with Crippen LogP contribution in [0.15, 0.2) is 12.4 Å². The van der Waals surface area contributed by atoms with Crippen molar-refractivity contribution in [2.75, 3.05) is 6.54 Å². The second-order valence-corrected chi connectivity index (χ2v) is 2.40. The van der Waals surface area contributed by atoms with Crippen LogP contribution < -0.4 is 11.5 Å². The molecule has 0 amide bonds. The standard InChI is InChI=1S/C6H9N5O2/c7-1-5(8)6-9-2-4(3-10-6)11(12)13/h2-3,5H,1,7-8H2. The Morgan fingerprint density at radius 3 is 2.46 bits per heavy atom. The molecule has 70 valence electrons. The van der Waals surface area contributed by atoms with Crippen LogP contribution in [0.4, 0.5) is 5.69 Å². The number of nitro groups is 1. The summed E-state index contributed by atoms with van der Waals surface area (Å²) in [7, 11) is 0. The average Bonchev–Trinajstić information content (AvgIpc) is 2.17. The van der Waals surface area contributed by atoms with E-state index in [0.717, 1.165) is 12.4 Å². The van der Waals surface area contributed by atoms with Gasteiger partial charge >= 0.3 is 5.69 Å². The Bertz CT molecular complexity index is 298. The maximum atomic E-state index is 10.2. The maximum absolute atomic E-state index is 10.2. The van der Waals surface area contributed by atoms with Crippen LogP contribution in [0.1, 0.15) is 11.9 Å². The normalized spacial score (nSPS) is 12.5. The Kier molecular flexibility index (Phi) is 2.83. The second-order valence-electron chi connectivity index (χ2n) is 2.40. The Labute approximate surface area is 73.9 Å². The van der Waals surface area contributed by atoms with Crippen molar-refractivity contribution in [3.8, 4) is 0 Å². The third-order valence-electron chi connectivity index (χ3n) is 1.45. The molecule has 0 aliphatic rings. The molecule has 7 nitrogen and oxygen atoms in total. The zero-order valence-electron chi connectivity index (χ0n) is 6.75. The zero-order chi connectivity index (χ0) is 9.84. The van der Waals surface area contributed by atoms with Gasteiger partial charge < -0.3 is 11.5 Å². The molecule has 0 aromatic carbocycles. The highest BCUT2D eigenvalue weighted by Gasteiger charge is 2.10. The van der Waals surface area contributed by atoms with Crippen molar-refractivity contribution in [3.05, 3.63) is 28.3 Å². The molecule has 0 bridgehead atoms. The van der Waals surface area contributed by atoms with E-state index >= 15 is 0 Å². The fourth-order valence-electron chi connectivity index (χ4n) is 0.722. The summed E-state index contributed by atoms with van der Waals surface area (Å²) in [6, 6.07) is -0.471. The maximum Gasteiger partial charge on any atom is 0.305 e. The predicted octanol–water partition coefficient (Wildman–Crippen LogP) is -0.657. The van der Waals surface area contributed by atoms with Gasteiger partial charge in [0, 0.05) is 6.54 Å². The summed E-state index contributed by atoms with van der Waals surface area (Å²) in [5.41, 5.74) is 10.6. The summed E-state index contributed by atoms with van der Waals surface area (Å²) in [6.45, 7) is 0.206. The smallest absolute Gasteiger partial charge is 0.305 e. The van der Waals surface area contributed by atoms with E-state index in [9.17, 15) is 10.1 Å². The first-order chi connectivity index (χ1) is 6.15. The number of hydrogen-bond acceptors (Lipinski definition) is 6. The highest BCUT2D eigenvalue weighted by molar-refractivity contribution is 5.21. The Morgan fingerprint density at radius 1 is 1.54 bits per heavy atom. The van der Waals surface area contributed by atoms with Crippen LogP contribution in [-0.4, -0.2) is 21.4 Å². The van der Waals surface area contributed by atoms with E-state index in [2.05, 4.69) is 9.97 Å². The summed E-state index contributed by atoms with van der Waals surface area (Å²) < 4.78 is 0. The van der Waals surface area contributed by atoms with Crippen molar-refractivity contribution in [1.29, 1.82) is 0 Å². The summed E-state index contributed by atoms with van der Waals surface area (Å²) in [4.78, 5) is 17.1. The van der Waals surface area contributed by atoms with Crippen molar-refractivity contribution in [2.45, 2.75) is 6.04 Å². The van der Waals surface area contributed by atoms with Crippen LogP contribution in [0, 0.1) is 10.1 Å². The van der Waals surface area contributed by atoms with Gasteiger partial charge in [-0.2, -0.15) is 0 Å². The molecule has 13 heavy (non-hydrogen) atoms. The van der Waals surface area contributed by atoms with Crippen LogP contribution >= 0.6 is 0 Å². The summed E-state index contributed by atoms with van der Waals surface area (Å²) in [5.74, 6) is 0.313. The quantitative estimate of drug-likeness (QED) is 0.474. The largest absolute Gasteiger partial charge is 0.328 e. The van der Waals surface area contributed by atoms with Crippen LogP contribution in [-0.2, 0) is 0 Å². The van der Waals surface area contributed by atoms with E-state index in [-0.39, 0.29) is 12.2 Å². The second kappa shape index (κ2) is 3.87. The number of nitrogens with zero attached hydrogens (tertiary/aromatic N) is 3. The van der Waals surface area contributed by atoms with Gasteiger partial charge in [-0.3, -0.25) is 10.1 Å². The molecule has 0 radical (unpaired) electrons. The first kappa shape index (κ1) is 9.49. The molecule has 0 spiro atoms. The number of nitrogens with two attached hydrogens (primary N) is 2.